The van der Waals surface area contributed by atoms with Gasteiger partial charge in [-0.2, -0.15) is 0 Å². The maximum atomic E-state index is 10.4. The maximum absolute atomic E-state index is 10.4. The predicted molar refractivity (Wildman–Crippen MR) is 85.8 cm³/mol. The van der Waals surface area contributed by atoms with Crippen molar-refractivity contribution in [1.29, 1.82) is 0 Å². The molecule has 2 aliphatic heterocycles. The lowest BCUT2D eigenvalue weighted by Gasteiger charge is -2.48. The average molecular weight is 307 g/mol. The van der Waals surface area contributed by atoms with Crippen LogP contribution in [0.3, 0.4) is 0 Å². The van der Waals surface area contributed by atoms with E-state index in [1.165, 1.54) is 11.4 Å². The van der Waals surface area contributed by atoms with E-state index >= 15 is 0 Å². The number of H-pyrrole nitrogens is 1. The van der Waals surface area contributed by atoms with Crippen molar-refractivity contribution in [3.63, 3.8) is 0 Å². The van der Waals surface area contributed by atoms with Crippen LogP contribution in [0.5, 0.6) is 0 Å². The molecule has 0 aliphatic carbocycles. The summed E-state index contributed by atoms with van der Waals surface area (Å²) in [6, 6.07) is 0. The average Bonchev–Trinajstić information content (AvgIpc) is 2.81. The summed E-state index contributed by atoms with van der Waals surface area (Å²) in [6.07, 6.45) is 4.49. The second-order valence-electron chi connectivity index (χ2n) is 7.34. The number of aromatic nitrogens is 2. The van der Waals surface area contributed by atoms with Crippen LogP contribution in [0.25, 0.3) is 0 Å². The molecule has 22 heavy (non-hydrogen) atoms. The van der Waals surface area contributed by atoms with Crippen LogP contribution in [-0.2, 0) is 17.7 Å². The standard InChI is InChI=1S/C17H29N3O2/c1-4-15-18-13(2)14(19-15)11-20-8-5-17(6-9-20)12-16(3,21)7-10-22-17/h21H,4-12H2,1-3H3,(H,18,19). The summed E-state index contributed by atoms with van der Waals surface area (Å²) in [5, 5.41) is 10.4. The van der Waals surface area contributed by atoms with Gasteiger partial charge < -0.3 is 14.8 Å². The molecule has 5 heteroatoms. The summed E-state index contributed by atoms with van der Waals surface area (Å²) in [5.74, 6) is 1.08. The second kappa shape index (κ2) is 5.95. The molecule has 2 saturated heterocycles. The molecular weight excluding hydrogens is 278 g/mol. The molecule has 0 aromatic carbocycles. The van der Waals surface area contributed by atoms with Crippen molar-refractivity contribution in [3.05, 3.63) is 17.2 Å². The first-order valence-electron chi connectivity index (χ1n) is 8.54. The van der Waals surface area contributed by atoms with Gasteiger partial charge in [0.2, 0.25) is 0 Å². The molecule has 3 heterocycles. The van der Waals surface area contributed by atoms with Gasteiger partial charge in [-0.1, -0.05) is 6.92 Å². The van der Waals surface area contributed by atoms with E-state index in [0.29, 0.717) is 6.61 Å². The number of nitrogens with zero attached hydrogens (tertiary/aromatic N) is 2. The van der Waals surface area contributed by atoms with E-state index in [-0.39, 0.29) is 5.60 Å². The molecule has 1 aromatic rings. The first-order valence-corrected chi connectivity index (χ1v) is 8.54. The van der Waals surface area contributed by atoms with Crippen LogP contribution in [0, 0.1) is 6.92 Å². The largest absolute Gasteiger partial charge is 0.390 e. The van der Waals surface area contributed by atoms with Gasteiger partial charge in [0, 0.05) is 38.2 Å². The van der Waals surface area contributed by atoms with Gasteiger partial charge in [0.1, 0.15) is 5.82 Å². The first kappa shape index (κ1) is 16.0. The smallest absolute Gasteiger partial charge is 0.106 e. The van der Waals surface area contributed by atoms with Crippen LogP contribution in [-0.4, -0.2) is 50.9 Å². The minimum Gasteiger partial charge on any atom is -0.390 e. The van der Waals surface area contributed by atoms with Crippen molar-refractivity contribution in [2.24, 2.45) is 0 Å². The zero-order chi connectivity index (χ0) is 15.8. The number of hydrogen-bond donors (Lipinski definition) is 2. The van der Waals surface area contributed by atoms with Crippen molar-refractivity contribution < 1.29 is 9.84 Å². The Morgan fingerprint density at radius 3 is 2.64 bits per heavy atom. The Balaban J connectivity index is 1.58. The van der Waals surface area contributed by atoms with Crippen LogP contribution in [0.15, 0.2) is 0 Å². The van der Waals surface area contributed by atoms with E-state index in [2.05, 4.69) is 28.7 Å². The third-order valence-corrected chi connectivity index (χ3v) is 5.26. The van der Waals surface area contributed by atoms with Gasteiger partial charge in [-0.3, -0.25) is 4.90 Å². The molecule has 5 nitrogen and oxygen atoms in total. The van der Waals surface area contributed by atoms with Crippen molar-refractivity contribution in [2.75, 3.05) is 19.7 Å². The number of aryl methyl sites for hydroxylation is 2. The Hall–Kier alpha value is -0.910. The Labute approximate surface area is 133 Å². The monoisotopic (exact) mass is 307 g/mol. The molecule has 0 bridgehead atoms. The van der Waals surface area contributed by atoms with Gasteiger partial charge in [-0.15, -0.1) is 0 Å². The first-order chi connectivity index (χ1) is 10.4. The van der Waals surface area contributed by atoms with Crippen LogP contribution in [0.4, 0.5) is 0 Å². The fourth-order valence-corrected chi connectivity index (χ4v) is 3.86. The Morgan fingerprint density at radius 1 is 1.32 bits per heavy atom. The molecule has 1 unspecified atom stereocenters. The molecule has 2 N–H and O–H groups in total. The van der Waals surface area contributed by atoms with Crippen molar-refractivity contribution >= 4 is 0 Å². The van der Waals surface area contributed by atoms with Gasteiger partial charge in [0.05, 0.1) is 23.5 Å². The summed E-state index contributed by atoms with van der Waals surface area (Å²) >= 11 is 0. The van der Waals surface area contributed by atoms with Gasteiger partial charge in [0.15, 0.2) is 0 Å². The molecule has 0 saturated carbocycles. The summed E-state index contributed by atoms with van der Waals surface area (Å²) < 4.78 is 6.08. The Kier molecular flexibility index (Phi) is 4.32. The molecule has 1 aromatic heterocycles. The third kappa shape index (κ3) is 3.36. The normalized spacial score (nSPS) is 29.1. The van der Waals surface area contributed by atoms with Crippen LogP contribution in [0.1, 0.15) is 56.7 Å². The number of nitrogens with one attached hydrogen (secondary N) is 1. The molecule has 0 amide bonds. The van der Waals surface area contributed by atoms with Crippen LogP contribution in [0.2, 0.25) is 0 Å². The number of likely N-dealkylation sites (tertiary alicyclic amines) is 1. The van der Waals surface area contributed by atoms with Crippen LogP contribution >= 0.6 is 0 Å². The minimum atomic E-state index is -0.560. The van der Waals surface area contributed by atoms with Gasteiger partial charge in [0.25, 0.3) is 0 Å². The fourth-order valence-electron chi connectivity index (χ4n) is 3.86. The van der Waals surface area contributed by atoms with E-state index in [0.717, 1.165) is 57.6 Å². The lowest BCUT2D eigenvalue weighted by molar-refractivity contribution is -0.173. The van der Waals surface area contributed by atoms with Gasteiger partial charge >= 0.3 is 0 Å². The fraction of sp³-hybridized carbons (Fsp3) is 0.824. The molecule has 1 spiro atoms. The number of aromatic amines is 1. The highest BCUT2D eigenvalue weighted by molar-refractivity contribution is 5.13. The van der Waals surface area contributed by atoms with Crippen molar-refractivity contribution in [2.45, 2.75) is 70.6 Å². The number of piperidine rings is 1. The SMILES string of the molecule is CCc1nc(CN2CCC3(CC2)CC(C)(O)CCO3)c(C)[nH]1. The number of imidazole rings is 1. The van der Waals surface area contributed by atoms with Gasteiger partial charge in [-0.05, 0) is 33.1 Å². The van der Waals surface area contributed by atoms with E-state index in [4.69, 9.17) is 4.74 Å². The van der Waals surface area contributed by atoms with E-state index in [9.17, 15) is 5.11 Å². The Morgan fingerprint density at radius 2 is 2.05 bits per heavy atom. The highest BCUT2D eigenvalue weighted by atomic mass is 16.5. The summed E-state index contributed by atoms with van der Waals surface area (Å²) in [5.41, 5.74) is 1.70. The topological polar surface area (TPSA) is 61.4 Å². The van der Waals surface area contributed by atoms with E-state index < -0.39 is 5.60 Å². The van der Waals surface area contributed by atoms with Crippen molar-refractivity contribution in [1.82, 2.24) is 14.9 Å². The number of aliphatic hydroxyl groups is 1. The maximum Gasteiger partial charge on any atom is 0.106 e. The zero-order valence-electron chi connectivity index (χ0n) is 14.1. The summed E-state index contributed by atoms with van der Waals surface area (Å²) in [7, 11) is 0. The molecule has 124 valence electrons. The summed E-state index contributed by atoms with van der Waals surface area (Å²) in [6.45, 7) is 9.81. The molecule has 2 fully saturated rings. The minimum absolute atomic E-state index is 0.104. The Bertz CT molecular complexity index is 516. The number of rotatable bonds is 3. The molecule has 1 atom stereocenters. The lowest BCUT2D eigenvalue weighted by Crippen LogP contribution is -2.53. The van der Waals surface area contributed by atoms with E-state index in [1.807, 2.05) is 6.92 Å². The highest BCUT2D eigenvalue weighted by Crippen LogP contribution is 2.39. The quantitative estimate of drug-likeness (QED) is 0.898. The predicted octanol–water partition coefficient (Wildman–Crippen LogP) is 2.18. The van der Waals surface area contributed by atoms with Crippen LogP contribution < -0.4 is 0 Å². The molecular formula is C17H29N3O2. The molecule has 3 rings (SSSR count). The molecule has 2 aliphatic rings. The molecule has 0 radical (unpaired) electrons. The highest BCUT2D eigenvalue weighted by Gasteiger charge is 2.44. The zero-order valence-corrected chi connectivity index (χ0v) is 14.1. The van der Waals surface area contributed by atoms with Gasteiger partial charge in [-0.25, -0.2) is 4.98 Å². The van der Waals surface area contributed by atoms with Crippen molar-refractivity contribution in [3.8, 4) is 0 Å². The summed E-state index contributed by atoms with van der Waals surface area (Å²) in [4.78, 5) is 10.5. The third-order valence-electron chi connectivity index (χ3n) is 5.26. The number of ether oxygens (including phenoxy) is 1. The lowest BCUT2D eigenvalue weighted by atomic mass is 9.78. The van der Waals surface area contributed by atoms with E-state index in [1.54, 1.807) is 0 Å². The number of hydrogen-bond acceptors (Lipinski definition) is 4. The second-order valence-corrected chi connectivity index (χ2v) is 7.34.